The molecule has 3 fully saturated rings. The fraction of sp³-hybridized carbons (Fsp3) is 0.526. The third kappa shape index (κ3) is 3.79. The molecule has 0 aromatic heterocycles. The van der Waals surface area contributed by atoms with E-state index in [0.29, 0.717) is 19.0 Å². The van der Waals surface area contributed by atoms with E-state index in [1.54, 1.807) is 28.6 Å². The molecule has 0 radical (unpaired) electrons. The second-order valence-electron chi connectivity index (χ2n) is 7.26. The van der Waals surface area contributed by atoms with Gasteiger partial charge in [0.2, 0.25) is 10.0 Å². The quantitative estimate of drug-likeness (QED) is 0.775. The number of piperidine rings is 1. The monoisotopic (exact) mass is 359 g/mol. The molecule has 0 amide bonds. The Hall–Kier alpha value is -1.68. The Morgan fingerprint density at radius 3 is 2.72 bits per heavy atom. The van der Waals surface area contributed by atoms with Crippen LogP contribution in [0.2, 0.25) is 0 Å². The Kier molecular flexibility index (Phi) is 5.28. The zero-order valence-electron chi connectivity index (χ0n) is 14.9. The van der Waals surface area contributed by atoms with Crippen molar-refractivity contribution in [3.63, 3.8) is 0 Å². The number of benzene rings is 1. The van der Waals surface area contributed by atoms with Gasteiger partial charge in [0, 0.05) is 32.2 Å². The Bertz CT molecular complexity index is 806. The molecule has 134 valence electrons. The lowest BCUT2D eigenvalue weighted by molar-refractivity contribution is 0.148. The van der Waals surface area contributed by atoms with Crippen LogP contribution >= 0.6 is 0 Å². The van der Waals surface area contributed by atoms with E-state index in [2.05, 4.69) is 24.8 Å². The summed E-state index contributed by atoms with van der Waals surface area (Å²) in [6.07, 6.45) is 4.32. The van der Waals surface area contributed by atoms with Gasteiger partial charge in [-0.3, -0.25) is 4.90 Å². The van der Waals surface area contributed by atoms with Crippen LogP contribution in [-0.4, -0.2) is 49.8 Å². The van der Waals surface area contributed by atoms with Crippen LogP contribution in [0.15, 0.2) is 40.8 Å². The van der Waals surface area contributed by atoms with Crippen molar-refractivity contribution < 1.29 is 8.42 Å². The zero-order chi connectivity index (χ0) is 18.0. The van der Waals surface area contributed by atoms with Gasteiger partial charge >= 0.3 is 0 Å². The van der Waals surface area contributed by atoms with Gasteiger partial charge in [0.1, 0.15) is 6.07 Å². The molecule has 1 aromatic rings. The molecule has 2 bridgehead atoms. The molecule has 0 saturated carbocycles. The van der Waals surface area contributed by atoms with Crippen molar-refractivity contribution in [2.75, 3.05) is 26.2 Å². The summed E-state index contributed by atoms with van der Waals surface area (Å²) < 4.78 is 27.9. The first-order chi connectivity index (χ1) is 11.9. The summed E-state index contributed by atoms with van der Waals surface area (Å²) in [5.41, 5.74) is 1.51. The van der Waals surface area contributed by atoms with E-state index in [1.165, 1.54) is 5.57 Å². The van der Waals surface area contributed by atoms with Gasteiger partial charge in [0.15, 0.2) is 0 Å². The van der Waals surface area contributed by atoms with E-state index in [9.17, 15) is 13.7 Å². The Morgan fingerprint density at radius 2 is 2.00 bits per heavy atom. The van der Waals surface area contributed by atoms with E-state index in [-0.39, 0.29) is 16.5 Å². The molecule has 6 heteroatoms. The minimum Gasteiger partial charge on any atom is -0.295 e. The van der Waals surface area contributed by atoms with Gasteiger partial charge in [-0.05, 0) is 44.7 Å². The highest BCUT2D eigenvalue weighted by atomic mass is 32.2. The van der Waals surface area contributed by atoms with Crippen molar-refractivity contribution in [3.05, 3.63) is 41.5 Å². The van der Waals surface area contributed by atoms with Crippen molar-refractivity contribution in [2.24, 2.45) is 5.92 Å². The molecular formula is C19H25N3O2S. The first kappa shape index (κ1) is 18.1. The fourth-order valence-corrected chi connectivity index (χ4v) is 5.47. The Balaban J connectivity index is 1.87. The van der Waals surface area contributed by atoms with Crippen molar-refractivity contribution in [1.82, 2.24) is 9.21 Å². The van der Waals surface area contributed by atoms with Gasteiger partial charge < -0.3 is 0 Å². The normalized spacial score (nSPS) is 24.5. The zero-order valence-corrected chi connectivity index (χ0v) is 15.7. The Labute approximate surface area is 150 Å². The summed E-state index contributed by atoms with van der Waals surface area (Å²) in [7, 11) is -3.64. The van der Waals surface area contributed by atoms with Crippen molar-refractivity contribution in [2.45, 2.75) is 37.6 Å². The van der Waals surface area contributed by atoms with E-state index >= 15 is 0 Å². The summed E-state index contributed by atoms with van der Waals surface area (Å²) >= 11 is 0. The van der Waals surface area contributed by atoms with Gasteiger partial charge in [-0.1, -0.05) is 23.8 Å². The lowest BCUT2D eigenvalue weighted by atomic mass is 9.95. The highest BCUT2D eigenvalue weighted by Gasteiger charge is 2.39. The van der Waals surface area contributed by atoms with E-state index < -0.39 is 10.0 Å². The molecule has 0 unspecified atom stereocenters. The van der Waals surface area contributed by atoms with Gasteiger partial charge in [0.25, 0.3) is 0 Å². The maximum atomic E-state index is 13.2. The Morgan fingerprint density at radius 1 is 1.24 bits per heavy atom. The third-order valence-electron chi connectivity index (χ3n) is 5.15. The number of hydrogen-bond donors (Lipinski definition) is 0. The molecule has 4 rings (SSSR count). The smallest absolute Gasteiger partial charge is 0.244 e. The van der Waals surface area contributed by atoms with Crippen LogP contribution in [0.3, 0.4) is 0 Å². The standard InChI is InChI=1S/C19H25N3O2S/c1-15(2)9-10-21-12-16-7-8-18(21)14-22(13-16)25(23,24)19-6-4-3-5-17(19)11-20/h3-6,9,16,18H,7-8,10,12-14H2,1-2H3/t16-,18-/m1/s1. The van der Waals surface area contributed by atoms with Crippen LogP contribution in [0, 0.1) is 17.2 Å². The summed E-state index contributed by atoms with van der Waals surface area (Å²) in [4.78, 5) is 2.54. The predicted octanol–water partition coefficient (Wildman–Crippen LogP) is 2.61. The highest BCUT2D eigenvalue weighted by molar-refractivity contribution is 7.89. The average Bonchev–Trinajstić information content (AvgIpc) is 2.92. The van der Waals surface area contributed by atoms with E-state index in [0.717, 1.165) is 25.9 Å². The molecule has 5 nitrogen and oxygen atoms in total. The summed E-state index contributed by atoms with van der Waals surface area (Å²) in [6, 6.07) is 8.75. The van der Waals surface area contributed by atoms with Gasteiger partial charge in [0.05, 0.1) is 10.5 Å². The average molecular weight is 359 g/mol. The highest BCUT2D eigenvalue weighted by Crippen LogP contribution is 2.31. The number of sulfonamides is 1. The number of nitrogens with zero attached hydrogens (tertiary/aromatic N) is 3. The lowest BCUT2D eigenvalue weighted by Gasteiger charge is -2.35. The molecule has 2 atom stereocenters. The van der Waals surface area contributed by atoms with Crippen LogP contribution in [0.25, 0.3) is 0 Å². The number of hydrogen-bond acceptors (Lipinski definition) is 4. The fourth-order valence-electron chi connectivity index (χ4n) is 3.78. The second-order valence-corrected chi connectivity index (χ2v) is 9.17. The molecule has 3 aliphatic heterocycles. The van der Waals surface area contributed by atoms with Crippen LogP contribution in [0.1, 0.15) is 32.3 Å². The molecular weight excluding hydrogens is 334 g/mol. The van der Waals surface area contributed by atoms with E-state index in [1.807, 2.05) is 6.07 Å². The molecule has 0 N–H and O–H groups in total. The molecule has 1 aromatic carbocycles. The van der Waals surface area contributed by atoms with Gasteiger partial charge in [-0.2, -0.15) is 9.57 Å². The second kappa shape index (κ2) is 7.28. The largest absolute Gasteiger partial charge is 0.295 e. The molecule has 3 aliphatic rings. The first-order valence-corrected chi connectivity index (χ1v) is 10.2. The van der Waals surface area contributed by atoms with E-state index in [4.69, 9.17) is 0 Å². The van der Waals surface area contributed by atoms with Crippen LogP contribution in [0.5, 0.6) is 0 Å². The number of allylic oxidation sites excluding steroid dienone is 1. The van der Waals surface area contributed by atoms with Gasteiger partial charge in [-0.25, -0.2) is 8.42 Å². The first-order valence-electron chi connectivity index (χ1n) is 8.78. The molecule has 3 saturated heterocycles. The van der Waals surface area contributed by atoms with Crippen LogP contribution < -0.4 is 0 Å². The third-order valence-corrected chi connectivity index (χ3v) is 7.04. The summed E-state index contributed by atoms with van der Waals surface area (Å²) in [6.45, 7) is 7.06. The molecule has 3 heterocycles. The molecule has 0 spiro atoms. The predicted molar refractivity (Wildman–Crippen MR) is 97.4 cm³/mol. The molecule has 0 aliphatic carbocycles. The molecule has 25 heavy (non-hydrogen) atoms. The SMILES string of the molecule is CC(C)=CCN1C[C@H]2CC[C@@H]1CN(S(=O)(=O)c1ccccc1C#N)C2. The summed E-state index contributed by atoms with van der Waals surface area (Å²) in [5, 5.41) is 9.27. The minimum atomic E-state index is -3.64. The maximum Gasteiger partial charge on any atom is 0.244 e. The minimum absolute atomic E-state index is 0.134. The maximum absolute atomic E-state index is 13.2. The van der Waals surface area contributed by atoms with Crippen molar-refractivity contribution in [3.8, 4) is 6.07 Å². The summed E-state index contributed by atoms with van der Waals surface area (Å²) in [5.74, 6) is 0.355. The van der Waals surface area contributed by atoms with Crippen LogP contribution in [0.4, 0.5) is 0 Å². The van der Waals surface area contributed by atoms with Crippen LogP contribution in [-0.2, 0) is 10.0 Å². The van der Waals surface area contributed by atoms with Gasteiger partial charge in [-0.15, -0.1) is 0 Å². The number of rotatable bonds is 4. The van der Waals surface area contributed by atoms with Crippen molar-refractivity contribution in [1.29, 1.82) is 5.26 Å². The number of nitriles is 1. The number of fused-ring (bicyclic) bond motifs is 4. The van der Waals surface area contributed by atoms with Crippen molar-refractivity contribution >= 4 is 10.0 Å². The topological polar surface area (TPSA) is 64.4 Å². The lowest BCUT2D eigenvalue weighted by Crippen LogP contribution is -2.44.